The summed E-state index contributed by atoms with van der Waals surface area (Å²) in [5.74, 6) is 0.430. The molecule has 2 heterocycles. The van der Waals surface area contributed by atoms with Gasteiger partial charge in [0.25, 0.3) is 5.91 Å². The monoisotopic (exact) mass is 470 g/mol. The van der Waals surface area contributed by atoms with Crippen LogP contribution in [0.3, 0.4) is 0 Å². The summed E-state index contributed by atoms with van der Waals surface area (Å²) in [5, 5.41) is 3.08. The van der Waals surface area contributed by atoms with Crippen molar-refractivity contribution in [2.75, 3.05) is 31.5 Å². The van der Waals surface area contributed by atoms with E-state index < -0.39 is 27.8 Å². The Labute approximate surface area is 185 Å². The highest BCUT2D eigenvalue weighted by atomic mass is 32.2. The van der Waals surface area contributed by atoms with Crippen LogP contribution in [0.1, 0.15) is 35.5 Å². The molecule has 1 unspecified atom stereocenters. The maximum atomic E-state index is 13.0. The van der Waals surface area contributed by atoms with Crippen LogP contribution in [0.25, 0.3) is 0 Å². The Kier molecular flexibility index (Phi) is 6.80. The molecule has 2 aromatic rings. The number of alkyl halides is 3. The fourth-order valence-electron chi connectivity index (χ4n) is 3.63. The summed E-state index contributed by atoms with van der Waals surface area (Å²) in [6.07, 6.45) is -4.54. The van der Waals surface area contributed by atoms with Crippen molar-refractivity contribution in [3.05, 3.63) is 53.2 Å². The van der Waals surface area contributed by atoms with Gasteiger partial charge >= 0.3 is 6.18 Å². The number of amides is 1. The zero-order chi connectivity index (χ0) is 23.7. The molecule has 11 heteroatoms. The van der Waals surface area contributed by atoms with Crippen molar-refractivity contribution in [3.8, 4) is 0 Å². The van der Waals surface area contributed by atoms with Crippen molar-refractivity contribution in [1.82, 2.24) is 14.2 Å². The van der Waals surface area contributed by atoms with E-state index in [1.54, 1.807) is 30.9 Å². The van der Waals surface area contributed by atoms with Crippen LogP contribution in [0.5, 0.6) is 0 Å². The lowest BCUT2D eigenvalue weighted by Gasteiger charge is -2.39. The van der Waals surface area contributed by atoms with Gasteiger partial charge in [0.2, 0.25) is 10.0 Å². The fourth-order valence-corrected chi connectivity index (χ4v) is 5.14. The SMILES string of the molecule is CCNc1ccc(C(=O)N2CCN(S(=O)(=O)c3ccc(C(F)(F)F)cc3)CC2C)c(C)n1. The molecule has 0 spiro atoms. The van der Waals surface area contributed by atoms with Crippen LogP contribution in [0.15, 0.2) is 41.3 Å². The van der Waals surface area contributed by atoms with E-state index in [1.165, 1.54) is 4.31 Å². The average molecular weight is 471 g/mol. The zero-order valence-corrected chi connectivity index (χ0v) is 18.8. The highest BCUT2D eigenvalue weighted by Crippen LogP contribution is 2.30. The van der Waals surface area contributed by atoms with E-state index in [-0.39, 0.29) is 30.4 Å². The van der Waals surface area contributed by atoms with Gasteiger partial charge in [0.05, 0.1) is 21.7 Å². The summed E-state index contributed by atoms with van der Waals surface area (Å²) < 4.78 is 65.3. The molecule has 0 aliphatic carbocycles. The van der Waals surface area contributed by atoms with Gasteiger partial charge in [-0.15, -0.1) is 0 Å². The molecule has 1 aromatic heterocycles. The Hall–Kier alpha value is -2.66. The van der Waals surface area contributed by atoms with E-state index in [9.17, 15) is 26.4 Å². The molecule has 1 N–H and O–H groups in total. The normalized spacial score (nSPS) is 17.9. The number of nitrogens with zero attached hydrogens (tertiary/aromatic N) is 3. The van der Waals surface area contributed by atoms with Crippen LogP contribution in [0, 0.1) is 6.92 Å². The molecule has 1 saturated heterocycles. The second kappa shape index (κ2) is 9.07. The van der Waals surface area contributed by atoms with Gasteiger partial charge in [-0.25, -0.2) is 13.4 Å². The lowest BCUT2D eigenvalue weighted by molar-refractivity contribution is -0.137. The summed E-state index contributed by atoms with van der Waals surface area (Å²) in [6.45, 7) is 6.36. The number of piperazine rings is 1. The molecule has 0 saturated carbocycles. The van der Waals surface area contributed by atoms with Crippen LogP contribution in [0.2, 0.25) is 0 Å². The standard InChI is InChI=1S/C21H25F3N4O3S/c1-4-25-19-10-9-18(15(3)26-19)20(29)28-12-11-27(13-14(28)2)32(30,31)17-7-5-16(6-8-17)21(22,23)24/h5-10,14H,4,11-13H2,1-3H3,(H,25,26). The summed E-state index contributed by atoms with van der Waals surface area (Å²) in [7, 11) is -3.98. The molecular weight excluding hydrogens is 445 g/mol. The Morgan fingerprint density at radius 1 is 1.16 bits per heavy atom. The molecule has 1 atom stereocenters. The maximum Gasteiger partial charge on any atom is 0.416 e. The Balaban J connectivity index is 1.74. The molecule has 0 bridgehead atoms. The van der Waals surface area contributed by atoms with Crippen LogP contribution in [-0.4, -0.2) is 60.7 Å². The third kappa shape index (κ3) is 4.88. The average Bonchev–Trinajstić information content (AvgIpc) is 2.73. The lowest BCUT2D eigenvalue weighted by Crippen LogP contribution is -2.55. The summed E-state index contributed by atoms with van der Waals surface area (Å²) in [5.41, 5.74) is 0.0994. The van der Waals surface area contributed by atoms with Crippen LogP contribution < -0.4 is 5.32 Å². The van der Waals surface area contributed by atoms with E-state index in [2.05, 4.69) is 10.3 Å². The van der Waals surface area contributed by atoms with E-state index in [4.69, 9.17) is 0 Å². The minimum absolute atomic E-state index is 0.0387. The zero-order valence-electron chi connectivity index (χ0n) is 18.0. The summed E-state index contributed by atoms with van der Waals surface area (Å²) in [4.78, 5) is 18.8. The predicted octanol–water partition coefficient (Wildman–Crippen LogP) is 3.38. The highest BCUT2D eigenvalue weighted by molar-refractivity contribution is 7.89. The largest absolute Gasteiger partial charge is 0.416 e. The second-order valence-electron chi connectivity index (χ2n) is 7.59. The van der Waals surface area contributed by atoms with Crippen molar-refractivity contribution in [2.45, 2.75) is 37.9 Å². The van der Waals surface area contributed by atoms with E-state index in [1.807, 2.05) is 6.92 Å². The summed E-state index contributed by atoms with van der Waals surface area (Å²) in [6, 6.07) is 6.42. The Morgan fingerprint density at radius 2 is 1.81 bits per heavy atom. The van der Waals surface area contributed by atoms with Crippen molar-refractivity contribution in [1.29, 1.82) is 0 Å². The third-order valence-electron chi connectivity index (χ3n) is 5.34. The highest BCUT2D eigenvalue weighted by Gasteiger charge is 2.36. The van der Waals surface area contributed by atoms with Gasteiger partial charge in [0.1, 0.15) is 5.82 Å². The molecule has 1 aliphatic rings. The molecule has 32 heavy (non-hydrogen) atoms. The molecule has 1 aromatic carbocycles. The minimum Gasteiger partial charge on any atom is -0.370 e. The van der Waals surface area contributed by atoms with Gasteiger partial charge in [-0.1, -0.05) is 0 Å². The quantitative estimate of drug-likeness (QED) is 0.725. The number of hydrogen-bond acceptors (Lipinski definition) is 5. The fraction of sp³-hybridized carbons (Fsp3) is 0.429. The number of sulfonamides is 1. The van der Waals surface area contributed by atoms with E-state index in [0.29, 0.717) is 23.6 Å². The number of hydrogen-bond donors (Lipinski definition) is 1. The van der Waals surface area contributed by atoms with Crippen LogP contribution in [-0.2, 0) is 16.2 Å². The molecule has 1 aliphatic heterocycles. The van der Waals surface area contributed by atoms with Crippen molar-refractivity contribution in [2.24, 2.45) is 0 Å². The van der Waals surface area contributed by atoms with Crippen LogP contribution in [0.4, 0.5) is 19.0 Å². The van der Waals surface area contributed by atoms with Gasteiger partial charge in [0.15, 0.2) is 0 Å². The smallest absolute Gasteiger partial charge is 0.370 e. The minimum atomic E-state index is -4.54. The molecule has 7 nitrogen and oxygen atoms in total. The first-order valence-corrected chi connectivity index (χ1v) is 11.6. The number of benzene rings is 1. The number of pyridine rings is 1. The number of anilines is 1. The molecule has 1 fully saturated rings. The first-order valence-electron chi connectivity index (χ1n) is 10.1. The lowest BCUT2D eigenvalue weighted by atomic mass is 10.1. The summed E-state index contributed by atoms with van der Waals surface area (Å²) >= 11 is 0. The maximum absolute atomic E-state index is 13.0. The molecule has 1 amide bonds. The number of rotatable bonds is 5. The first-order chi connectivity index (χ1) is 14.9. The topological polar surface area (TPSA) is 82.6 Å². The van der Waals surface area contributed by atoms with E-state index in [0.717, 1.165) is 24.3 Å². The number of halogens is 3. The van der Waals surface area contributed by atoms with Gasteiger partial charge in [0, 0.05) is 32.2 Å². The molecule has 174 valence electrons. The Bertz CT molecular complexity index is 1090. The van der Waals surface area contributed by atoms with Gasteiger partial charge in [-0.2, -0.15) is 17.5 Å². The van der Waals surface area contributed by atoms with Gasteiger partial charge in [-0.3, -0.25) is 4.79 Å². The molecule has 0 radical (unpaired) electrons. The van der Waals surface area contributed by atoms with Gasteiger partial charge < -0.3 is 10.2 Å². The van der Waals surface area contributed by atoms with Crippen LogP contribution >= 0.6 is 0 Å². The second-order valence-corrected chi connectivity index (χ2v) is 9.53. The third-order valence-corrected chi connectivity index (χ3v) is 7.22. The van der Waals surface area contributed by atoms with Crippen molar-refractivity contribution in [3.63, 3.8) is 0 Å². The number of carbonyl (C=O) groups is 1. The van der Waals surface area contributed by atoms with Crippen molar-refractivity contribution >= 4 is 21.7 Å². The van der Waals surface area contributed by atoms with Crippen molar-refractivity contribution < 1.29 is 26.4 Å². The predicted molar refractivity (Wildman–Crippen MR) is 114 cm³/mol. The number of nitrogens with one attached hydrogen (secondary N) is 1. The van der Waals surface area contributed by atoms with E-state index >= 15 is 0 Å². The molecular formula is C21H25F3N4O3S. The number of aromatic nitrogens is 1. The van der Waals surface area contributed by atoms with Gasteiger partial charge in [-0.05, 0) is 57.2 Å². The molecule has 3 rings (SSSR count). The first kappa shape index (κ1) is 24.0. The number of aryl methyl sites for hydroxylation is 1. The Morgan fingerprint density at radius 3 is 2.34 bits per heavy atom. The number of carbonyl (C=O) groups excluding carboxylic acids is 1.